The Morgan fingerprint density at radius 2 is 1.84 bits per heavy atom. The van der Waals surface area contributed by atoms with Crippen molar-refractivity contribution in [2.45, 2.75) is 12.6 Å². The Bertz CT molecular complexity index is 591. The van der Waals surface area contributed by atoms with E-state index in [1.54, 1.807) is 18.2 Å². The quantitative estimate of drug-likeness (QED) is 0.909. The topological polar surface area (TPSA) is 35.8 Å². The summed E-state index contributed by atoms with van der Waals surface area (Å²) in [5, 5.41) is 13.5. The van der Waals surface area contributed by atoms with E-state index in [9.17, 15) is 5.26 Å². The maximum Gasteiger partial charge on any atom is 0.123 e. The monoisotopic (exact) mass is 290 g/mol. The van der Waals surface area contributed by atoms with Crippen molar-refractivity contribution in [1.29, 1.82) is 5.26 Å². The molecule has 0 fully saturated rings. The minimum atomic E-state index is -0.454. The van der Waals surface area contributed by atoms with Crippen LogP contribution in [0.25, 0.3) is 0 Å². The zero-order valence-electron chi connectivity index (χ0n) is 10.1. The molecule has 0 aliphatic rings. The van der Waals surface area contributed by atoms with E-state index < -0.39 is 6.04 Å². The van der Waals surface area contributed by atoms with Crippen molar-refractivity contribution < 1.29 is 0 Å². The molecule has 0 radical (unpaired) electrons. The lowest BCUT2D eigenvalue weighted by molar-refractivity contribution is 0.630. The summed E-state index contributed by atoms with van der Waals surface area (Å²) < 4.78 is 0. The van der Waals surface area contributed by atoms with Gasteiger partial charge < -0.3 is 0 Å². The van der Waals surface area contributed by atoms with Gasteiger partial charge in [-0.2, -0.15) is 5.26 Å². The van der Waals surface area contributed by atoms with Crippen LogP contribution in [-0.2, 0) is 6.54 Å². The Hall–Kier alpha value is -1.53. The molecule has 1 N–H and O–H groups in total. The molecule has 19 heavy (non-hydrogen) atoms. The molecule has 0 aromatic heterocycles. The van der Waals surface area contributed by atoms with Gasteiger partial charge in [0.1, 0.15) is 6.04 Å². The number of nitrogens with zero attached hydrogens (tertiary/aromatic N) is 1. The highest BCUT2D eigenvalue weighted by Crippen LogP contribution is 2.26. The van der Waals surface area contributed by atoms with Gasteiger partial charge in [-0.25, -0.2) is 0 Å². The molecule has 2 rings (SSSR count). The van der Waals surface area contributed by atoms with Gasteiger partial charge in [0.25, 0.3) is 0 Å². The van der Waals surface area contributed by atoms with Gasteiger partial charge in [-0.05, 0) is 17.7 Å². The first-order valence-corrected chi connectivity index (χ1v) is 6.58. The predicted molar refractivity (Wildman–Crippen MR) is 78.1 cm³/mol. The Kier molecular flexibility index (Phi) is 4.81. The van der Waals surface area contributed by atoms with Crippen molar-refractivity contribution in [3.05, 3.63) is 69.7 Å². The van der Waals surface area contributed by atoms with E-state index in [2.05, 4.69) is 11.4 Å². The average Bonchev–Trinajstić information content (AvgIpc) is 2.42. The van der Waals surface area contributed by atoms with Crippen molar-refractivity contribution >= 4 is 23.2 Å². The van der Waals surface area contributed by atoms with Crippen LogP contribution in [0, 0.1) is 11.3 Å². The van der Waals surface area contributed by atoms with E-state index in [-0.39, 0.29) is 0 Å². The summed E-state index contributed by atoms with van der Waals surface area (Å²) in [6, 6.07) is 16.8. The van der Waals surface area contributed by atoms with Crippen LogP contribution in [0.5, 0.6) is 0 Å². The molecule has 1 unspecified atom stereocenters. The first-order valence-electron chi connectivity index (χ1n) is 5.82. The molecule has 2 aromatic rings. The SMILES string of the molecule is N#CC(NCc1ccccc1)c1ccc(Cl)cc1Cl. The van der Waals surface area contributed by atoms with Crippen LogP contribution in [0.1, 0.15) is 17.2 Å². The Morgan fingerprint density at radius 3 is 2.47 bits per heavy atom. The van der Waals surface area contributed by atoms with E-state index in [1.807, 2.05) is 30.3 Å². The predicted octanol–water partition coefficient (Wildman–Crippen LogP) is 4.35. The first-order chi connectivity index (χ1) is 9.20. The summed E-state index contributed by atoms with van der Waals surface area (Å²) in [4.78, 5) is 0. The van der Waals surface area contributed by atoms with Crippen LogP contribution in [0.4, 0.5) is 0 Å². The van der Waals surface area contributed by atoms with Crippen LogP contribution in [0.2, 0.25) is 10.0 Å². The molecule has 0 aliphatic heterocycles. The molecule has 4 heteroatoms. The second kappa shape index (κ2) is 6.58. The molecule has 0 spiro atoms. The summed E-state index contributed by atoms with van der Waals surface area (Å²) in [5.74, 6) is 0. The van der Waals surface area contributed by atoms with Crippen molar-refractivity contribution in [3.8, 4) is 6.07 Å². The molecular formula is C15H12Cl2N2. The highest BCUT2D eigenvalue weighted by molar-refractivity contribution is 6.35. The second-order valence-corrected chi connectivity index (χ2v) is 4.94. The van der Waals surface area contributed by atoms with Crippen molar-refractivity contribution in [2.75, 3.05) is 0 Å². The van der Waals surface area contributed by atoms with Crippen molar-refractivity contribution in [1.82, 2.24) is 5.32 Å². The fraction of sp³-hybridized carbons (Fsp3) is 0.133. The average molecular weight is 291 g/mol. The lowest BCUT2D eigenvalue weighted by atomic mass is 10.1. The number of hydrogen-bond donors (Lipinski definition) is 1. The summed E-state index contributed by atoms with van der Waals surface area (Å²) in [5.41, 5.74) is 1.86. The number of halogens is 2. The van der Waals surface area contributed by atoms with Gasteiger partial charge in [0.2, 0.25) is 0 Å². The van der Waals surface area contributed by atoms with Gasteiger partial charge in [0.15, 0.2) is 0 Å². The highest BCUT2D eigenvalue weighted by Gasteiger charge is 2.13. The summed E-state index contributed by atoms with van der Waals surface area (Å²) >= 11 is 12.0. The van der Waals surface area contributed by atoms with Gasteiger partial charge in [0, 0.05) is 22.2 Å². The van der Waals surface area contributed by atoms with Gasteiger partial charge in [-0.3, -0.25) is 5.32 Å². The largest absolute Gasteiger partial charge is 0.294 e. The normalized spacial score (nSPS) is 11.8. The summed E-state index contributed by atoms with van der Waals surface area (Å²) in [6.07, 6.45) is 0. The molecule has 2 aromatic carbocycles. The number of benzene rings is 2. The Morgan fingerprint density at radius 1 is 1.11 bits per heavy atom. The smallest absolute Gasteiger partial charge is 0.123 e. The van der Waals surface area contributed by atoms with E-state index in [0.29, 0.717) is 16.6 Å². The van der Waals surface area contributed by atoms with Crippen LogP contribution < -0.4 is 5.32 Å². The zero-order valence-corrected chi connectivity index (χ0v) is 11.6. The molecule has 0 saturated carbocycles. The lowest BCUT2D eigenvalue weighted by Crippen LogP contribution is -2.19. The standard InChI is InChI=1S/C15H12Cl2N2/c16-12-6-7-13(14(17)8-12)15(9-18)19-10-11-4-2-1-3-5-11/h1-8,15,19H,10H2. The van der Waals surface area contributed by atoms with E-state index >= 15 is 0 Å². The van der Waals surface area contributed by atoms with Crippen molar-refractivity contribution in [2.24, 2.45) is 0 Å². The highest BCUT2D eigenvalue weighted by atomic mass is 35.5. The molecule has 2 nitrogen and oxygen atoms in total. The van der Waals surface area contributed by atoms with Gasteiger partial charge in [-0.1, -0.05) is 59.6 Å². The first kappa shape index (κ1) is 13.9. The molecular weight excluding hydrogens is 279 g/mol. The maximum atomic E-state index is 9.25. The summed E-state index contributed by atoms with van der Waals surface area (Å²) in [7, 11) is 0. The molecule has 96 valence electrons. The van der Waals surface area contributed by atoms with Crippen LogP contribution in [0.15, 0.2) is 48.5 Å². The molecule has 0 heterocycles. The van der Waals surface area contributed by atoms with Crippen molar-refractivity contribution in [3.63, 3.8) is 0 Å². The van der Waals surface area contributed by atoms with Gasteiger partial charge in [0.05, 0.1) is 6.07 Å². The molecule has 0 saturated heterocycles. The third-order valence-corrected chi connectivity index (χ3v) is 3.32. The fourth-order valence-electron chi connectivity index (χ4n) is 1.78. The lowest BCUT2D eigenvalue weighted by Gasteiger charge is -2.13. The number of rotatable bonds is 4. The van der Waals surface area contributed by atoms with Gasteiger partial charge >= 0.3 is 0 Å². The minimum Gasteiger partial charge on any atom is -0.294 e. The van der Waals surface area contributed by atoms with Gasteiger partial charge in [-0.15, -0.1) is 0 Å². The van der Waals surface area contributed by atoms with E-state index in [0.717, 1.165) is 11.1 Å². The second-order valence-electron chi connectivity index (χ2n) is 4.09. The Balaban J connectivity index is 2.11. The Labute approximate surface area is 122 Å². The van der Waals surface area contributed by atoms with Crippen LogP contribution in [-0.4, -0.2) is 0 Å². The van der Waals surface area contributed by atoms with Crippen LogP contribution in [0.3, 0.4) is 0 Å². The minimum absolute atomic E-state index is 0.454. The summed E-state index contributed by atoms with van der Waals surface area (Å²) in [6.45, 7) is 0.609. The number of nitriles is 1. The zero-order chi connectivity index (χ0) is 13.7. The fourth-order valence-corrected chi connectivity index (χ4v) is 2.29. The third-order valence-electron chi connectivity index (χ3n) is 2.76. The van der Waals surface area contributed by atoms with Crippen LogP contribution >= 0.6 is 23.2 Å². The number of hydrogen-bond acceptors (Lipinski definition) is 2. The molecule has 0 bridgehead atoms. The van der Waals surface area contributed by atoms with E-state index in [4.69, 9.17) is 23.2 Å². The molecule has 0 amide bonds. The maximum absolute atomic E-state index is 9.25. The third kappa shape index (κ3) is 3.71. The molecule has 0 aliphatic carbocycles. The molecule has 1 atom stereocenters. The van der Waals surface area contributed by atoms with E-state index in [1.165, 1.54) is 0 Å². The number of nitrogens with one attached hydrogen (secondary N) is 1.